The Kier molecular flexibility index (Phi) is 3.86. The van der Waals surface area contributed by atoms with E-state index in [1.54, 1.807) is 18.2 Å². The number of hydrogen-bond donors (Lipinski definition) is 0. The van der Waals surface area contributed by atoms with E-state index in [-0.39, 0.29) is 16.9 Å². The fourth-order valence-corrected chi connectivity index (χ4v) is 2.07. The molecule has 0 saturated carbocycles. The van der Waals surface area contributed by atoms with Gasteiger partial charge in [-0.05, 0) is 36.8 Å². The standard InChI is InChI=1S/C15H10ClF3O/c1-9-7-11(15(17,18)19)5-6-13(9)14(20)10-3-2-4-12(16)8-10/h2-8H,1H3. The van der Waals surface area contributed by atoms with Gasteiger partial charge >= 0.3 is 6.18 Å². The summed E-state index contributed by atoms with van der Waals surface area (Å²) in [5.74, 6) is -0.348. The van der Waals surface area contributed by atoms with Crippen molar-refractivity contribution in [2.45, 2.75) is 13.1 Å². The van der Waals surface area contributed by atoms with Gasteiger partial charge in [0.1, 0.15) is 0 Å². The third kappa shape index (κ3) is 3.02. The largest absolute Gasteiger partial charge is 0.416 e. The molecular weight excluding hydrogens is 289 g/mol. The molecule has 0 aromatic heterocycles. The molecule has 2 rings (SSSR count). The highest BCUT2D eigenvalue weighted by molar-refractivity contribution is 6.31. The van der Waals surface area contributed by atoms with Gasteiger partial charge in [-0.25, -0.2) is 0 Å². The fraction of sp³-hybridized carbons (Fsp3) is 0.133. The lowest BCUT2D eigenvalue weighted by Crippen LogP contribution is -2.09. The topological polar surface area (TPSA) is 17.1 Å². The summed E-state index contributed by atoms with van der Waals surface area (Å²) < 4.78 is 37.7. The van der Waals surface area contributed by atoms with Crippen LogP contribution >= 0.6 is 11.6 Å². The molecule has 0 bridgehead atoms. The highest BCUT2D eigenvalue weighted by Crippen LogP contribution is 2.31. The van der Waals surface area contributed by atoms with Gasteiger partial charge in [-0.15, -0.1) is 0 Å². The van der Waals surface area contributed by atoms with Crippen molar-refractivity contribution in [2.75, 3.05) is 0 Å². The lowest BCUT2D eigenvalue weighted by atomic mass is 9.97. The molecule has 1 nitrogen and oxygen atoms in total. The molecule has 0 heterocycles. The van der Waals surface area contributed by atoms with E-state index in [2.05, 4.69) is 0 Å². The maximum atomic E-state index is 12.6. The van der Waals surface area contributed by atoms with Crippen molar-refractivity contribution >= 4 is 17.4 Å². The quantitative estimate of drug-likeness (QED) is 0.721. The molecule has 0 saturated heterocycles. The summed E-state index contributed by atoms with van der Waals surface area (Å²) in [4.78, 5) is 12.2. The fourth-order valence-electron chi connectivity index (χ4n) is 1.88. The first-order chi connectivity index (χ1) is 9.29. The molecule has 0 aliphatic rings. The number of carbonyl (C=O) groups excluding carboxylic acids is 1. The van der Waals surface area contributed by atoms with E-state index in [0.717, 1.165) is 12.1 Å². The highest BCUT2D eigenvalue weighted by Gasteiger charge is 2.31. The second kappa shape index (κ2) is 5.29. The van der Waals surface area contributed by atoms with Crippen molar-refractivity contribution in [3.63, 3.8) is 0 Å². The summed E-state index contributed by atoms with van der Waals surface area (Å²) in [5.41, 5.74) is 0.100. The summed E-state index contributed by atoms with van der Waals surface area (Å²) in [6, 6.07) is 9.38. The second-order valence-electron chi connectivity index (χ2n) is 4.37. The Labute approximate surface area is 119 Å². The number of aryl methyl sites for hydroxylation is 1. The maximum Gasteiger partial charge on any atom is 0.416 e. The predicted molar refractivity (Wildman–Crippen MR) is 71.1 cm³/mol. The van der Waals surface area contributed by atoms with Crippen molar-refractivity contribution in [1.82, 2.24) is 0 Å². The predicted octanol–water partition coefficient (Wildman–Crippen LogP) is 4.90. The minimum atomic E-state index is -4.41. The SMILES string of the molecule is Cc1cc(C(F)(F)F)ccc1C(=O)c1cccc(Cl)c1. The van der Waals surface area contributed by atoms with Crippen LogP contribution in [0.4, 0.5) is 13.2 Å². The van der Waals surface area contributed by atoms with Gasteiger partial charge < -0.3 is 0 Å². The van der Waals surface area contributed by atoms with Gasteiger partial charge in [0.05, 0.1) is 5.56 Å². The summed E-state index contributed by atoms with van der Waals surface area (Å²) in [6.07, 6.45) is -4.41. The van der Waals surface area contributed by atoms with Crippen LogP contribution < -0.4 is 0 Å². The molecule has 0 fully saturated rings. The van der Waals surface area contributed by atoms with Gasteiger partial charge in [-0.3, -0.25) is 4.79 Å². The molecule has 2 aromatic rings. The first-order valence-electron chi connectivity index (χ1n) is 5.77. The van der Waals surface area contributed by atoms with Crippen LogP contribution in [0.1, 0.15) is 27.0 Å². The van der Waals surface area contributed by atoms with E-state index in [4.69, 9.17) is 11.6 Å². The maximum absolute atomic E-state index is 12.6. The summed E-state index contributed by atoms with van der Waals surface area (Å²) in [7, 11) is 0. The molecule has 20 heavy (non-hydrogen) atoms. The first kappa shape index (κ1) is 14.6. The molecule has 0 spiro atoms. The summed E-state index contributed by atoms with van der Waals surface area (Å²) in [6.45, 7) is 1.48. The molecule has 2 aromatic carbocycles. The van der Waals surface area contributed by atoms with E-state index in [1.807, 2.05) is 0 Å². The third-order valence-corrected chi connectivity index (χ3v) is 3.12. The number of benzene rings is 2. The molecule has 0 amide bonds. The number of ketones is 1. The van der Waals surface area contributed by atoms with Crippen LogP contribution in [-0.2, 0) is 6.18 Å². The Morgan fingerprint density at radius 1 is 1.10 bits per heavy atom. The van der Waals surface area contributed by atoms with Crippen LogP contribution in [0.2, 0.25) is 5.02 Å². The van der Waals surface area contributed by atoms with E-state index in [1.165, 1.54) is 19.1 Å². The minimum absolute atomic E-state index is 0.236. The number of alkyl halides is 3. The van der Waals surface area contributed by atoms with Crippen LogP contribution in [0, 0.1) is 6.92 Å². The van der Waals surface area contributed by atoms with Gasteiger partial charge in [0.25, 0.3) is 0 Å². The molecular formula is C15H10ClF3O. The molecule has 0 radical (unpaired) electrons. The van der Waals surface area contributed by atoms with Crippen LogP contribution in [0.5, 0.6) is 0 Å². The average Bonchev–Trinajstić information content (AvgIpc) is 2.36. The van der Waals surface area contributed by atoms with Gasteiger partial charge in [0, 0.05) is 16.1 Å². The molecule has 5 heteroatoms. The molecule has 0 atom stereocenters. The van der Waals surface area contributed by atoms with Crippen LogP contribution in [-0.4, -0.2) is 5.78 Å². The minimum Gasteiger partial charge on any atom is -0.289 e. The van der Waals surface area contributed by atoms with Crippen molar-refractivity contribution in [1.29, 1.82) is 0 Å². The summed E-state index contributed by atoms with van der Waals surface area (Å²) in [5, 5.41) is 0.403. The van der Waals surface area contributed by atoms with Crippen molar-refractivity contribution in [3.05, 3.63) is 69.7 Å². The molecule has 0 N–H and O–H groups in total. The second-order valence-corrected chi connectivity index (χ2v) is 4.80. The summed E-state index contributed by atoms with van der Waals surface area (Å²) >= 11 is 5.80. The molecule has 104 valence electrons. The molecule has 0 unspecified atom stereocenters. The van der Waals surface area contributed by atoms with Crippen LogP contribution in [0.25, 0.3) is 0 Å². The van der Waals surface area contributed by atoms with E-state index in [0.29, 0.717) is 10.6 Å². The Bertz CT molecular complexity index is 662. The van der Waals surface area contributed by atoms with Crippen LogP contribution in [0.15, 0.2) is 42.5 Å². The van der Waals surface area contributed by atoms with E-state index in [9.17, 15) is 18.0 Å². The average molecular weight is 299 g/mol. The molecule has 0 aliphatic carbocycles. The van der Waals surface area contributed by atoms with Gasteiger partial charge in [-0.2, -0.15) is 13.2 Å². The van der Waals surface area contributed by atoms with E-state index >= 15 is 0 Å². The smallest absolute Gasteiger partial charge is 0.289 e. The number of carbonyl (C=O) groups is 1. The van der Waals surface area contributed by atoms with Gasteiger partial charge in [0.2, 0.25) is 0 Å². The highest BCUT2D eigenvalue weighted by atomic mass is 35.5. The number of rotatable bonds is 2. The van der Waals surface area contributed by atoms with E-state index < -0.39 is 11.7 Å². The zero-order chi connectivity index (χ0) is 14.9. The Morgan fingerprint density at radius 3 is 2.35 bits per heavy atom. The van der Waals surface area contributed by atoms with Crippen molar-refractivity contribution in [2.24, 2.45) is 0 Å². The molecule has 0 aliphatic heterocycles. The number of halogens is 4. The van der Waals surface area contributed by atoms with Crippen LogP contribution in [0.3, 0.4) is 0 Å². The van der Waals surface area contributed by atoms with Gasteiger partial charge in [-0.1, -0.05) is 29.8 Å². The van der Waals surface area contributed by atoms with Crippen molar-refractivity contribution < 1.29 is 18.0 Å². The Hall–Kier alpha value is -1.81. The Morgan fingerprint density at radius 2 is 1.80 bits per heavy atom. The monoisotopic (exact) mass is 298 g/mol. The third-order valence-electron chi connectivity index (χ3n) is 2.89. The first-order valence-corrected chi connectivity index (χ1v) is 6.15. The zero-order valence-corrected chi connectivity index (χ0v) is 11.2. The lowest BCUT2D eigenvalue weighted by Gasteiger charge is -2.10. The van der Waals surface area contributed by atoms with Crippen molar-refractivity contribution in [3.8, 4) is 0 Å². The normalized spacial score (nSPS) is 11.4. The Balaban J connectivity index is 2.41. The zero-order valence-electron chi connectivity index (χ0n) is 10.5. The van der Waals surface area contributed by atoms with Gasteiger partial charge in [0.15, 0.2) is 5.78 Å². The number of hydrogen-bond acceptors (Lipinski definition) is 1. The lowest BCUT2D eigenvalue weighted by molar-refractivity contribution is -0.137.